The van der Waals surface area contributed by atoms with E-state index < -0.39 is 137 Å². The van der Waals surface area contributed by atoms with Gasteiger partial charge in [0.2, 0.25) is 65.0 Å². The molecule has 386 valence electrons. The lowest BCUT2D eigenvalue weighted by atomic mass is 9.97. The number of aliphatic carboxylic acids is 1. The molecule has 24 nitrogen and oxygen atoms in total. The molecule has 68 heavy (non-hydrogen) atoms. The van der Waals surface area contributed by atoms with E-state index >= 15 is 0 Å². The number of carboxylic acids is 1. The van der Waals surface area contributed by atoms with Crippen LogP contribution in [-0.4, -0.2) is 149 Å². The number of carbonyl (C=O) groups excluding carboxylic acids is 12. The number of thioether (sulfide) groups is 1. The number of hydrogen-bond donors (Lipinski definition) is 11. The Morgan fingerprint density at radius 1 is 0.412 bits per heavy atom. The number of carboxylic acid groups (broad SMARTS) is 1. The van der Waals surface area contributed by atoms with Gasteiger partial charge < -0.3 is 68.4 Å². The zero-order valence-corrected chi connectivity index (χ0v) is 42.4. The fourth-order valence-corrected chi connectivity index (χ4v) is 6.34. The maximum Gasteiger partial charge on any atom is 0.243 e. The molecule has 11 N–H and O–H groups in total. The maximum atomic E-state index is 13.5. The molecule has 0 radical (unpaired) electrons. The predicted molar refractivity (Wildman–Crippen MR) is 249 cm³/mol. The van der Waals surface area contributed by atoms with E-state index in [1.54, 1.807) is 20.8 Å². The molecular formula is C43H74N11O13S-. The highest BCUT2D eigenvalue weighted by Crippen LogP contribution is 2.11. The second-order valence-corrected chi connectivity index (χ2v) is 18.2. The molecule has 0 aliphatic heterocycles. The van der Waals surface area contributed by atoms with Crippen LogP contribution in [0.5, 0.6) is 0 Å². The molecule has 0 saturated carbocycles. The van der Waals surface area contributed by atoms with Crippen molar-refractivity contribution in [3.63, 3.8) is 0 Å². The van der Waals surface area contributed by atoms with Crippen LogP contribution in [0.1, 0.15) is 109 Å². The molecule has 0 fully saturated rings. The standard InChI is InChI=1S/C43H75N11O13S/c1-15-20(4)32(54-40(63)30(16-17-68-14)52-29(13)55)42(65)50-27(11)39(62)53-31(18-19(2)3)41(64)49-26(10)37(60)47-24(8)35(58)45-22(6)33(56)44-21(5)34(57)46-23(7)36(59)48-25(9)38(61)51-28(12)43(66)67/h19-28,30-32H,15-18H2,1-14H3,(H,44,56)(H,45,58)(H,46,57)(H,47,60)(H,48,59)(H,49,64)(H,50,65)(H,51,61)(H,52,55)(H,53,62)(H,54,63)(H,66,67)/p-1/t20-,21-,22-,23-,24-,25-,26-,27-,28-,30-,31-,32-/m0/s1. The molecule has 0 aliphatic rings. The van der Waals surface area contributed by atoms with Gasteiger partial charge in [-0.2, -0.15) is 11.8 Å². The van der Waals surface area contributed by atoms with E-state index in [-0.39, 0.29) is 18.3 Å². The van der Waals surface area contributed by atoms with Crippen LogP contribution >= 0.6 is 11.8 Å². The molecule has 0 rings (SSSR count). The molecule has 12 atom stereocenters. The van der Waals surface area contributed by atoms with Gasteiger partial charge in [0, 0.05) is 6.92 Å². The summed E-state index contributed by atoms with van der Waals surface area (Å²) >= 11 is 1.49. The van der Waals surface area contributed by atoms with Crippen molar-refractivity contribution in [3.8, 4) is 0 Å². The van der Waals surface area contributed by atoms with Crippen LogP contribution in [0.4, 0.5) is 0 Å². The molecule has 0 spiro atoms. The van der Waals surface area contributed by atoms with Crippen molar-refractivity contribution in [1.29, 1.82) is 0 Å². The van der Waals surface area contributed by atoms with Crippen molar-refractivity contribution in [2.75, 3.05) is 12.0 Å². The molecule has 0 aromatic rings. The molecule has 0 aliphatic carbocycles. The number of rotatable bonds is 29. The minimum Gasteiger partial charge on any atom is -0.548 e. The number of nitrogens with one attached hydrogen (secondary N) is 11. The number of hydrogen-bond acceptors (Lipinski definition) is 14. The summed E-state index contributed by atoms with van der Waals surface area (Å²) < 4.78 is 0. The summed E-state index contributed by atoms with van der Waals surface area (Å²) in [6, 6.07) is -12.8. The van der Waals surface area contributed by atoms with Gasteiger partial charge in [-0.05, 0) is 92.1 Å². The van der Waals surface area contributed by atoms with Crippen LogP contribution in [0, 0.1) is 11.8 Å². The van der Waals surface area contributed by atoms with Crippen LogP contribution < -0.4 is 63.6 Å². The third-order valence-electron chi connectivity index (χ3n) is 10.4. The first-order valence-electron chi connectivity index (χ1n) is 22.5. The lowest BCUT2D eigenvalue weighted by Gasteiger charge is -2.28. The summed E-state index contributed by atoms with van der Waals surface area (Å²) in [5, 5.41) is 38.0. The Morgan fingerprint density at radius 2 is 0.721 bits per heavy atom. The van der Waals surface area contributed by atoms with Gasteiger partial charge in [-0.25, -0.2) is 0 Å². The first kappa shape index (κ1) is 62.0. The van der Waals surface area contributed by atoms with E-state index in [1.165, 1.54) is 74.1 Å². The summed E-state index contributed by atoms with van der Waals surface area (Å²) in [5.74, 6) is -9.24. The number of amides is 11. The fourth-order valence-electron chi connectivity index (χ4n) is 5.87. The summed E-state index contributed by atoms with van der Waals surface area (Å²) in [5.41, 5.74) is 0. The highest BCUT2D eigenvalue weighted by atomic mass is 32.2. The zero-order chi connectivity index (χ0) is 52.7. The predicted octanol–water partition coefficient (Wildman–Crippen LogP) is -3.91. The lowest BCUT2D eigenvalue weighted by molar-refractivity contribution is -0.307. The van der Waals surface area contributed by atoms with Crippen molar-refractivity contribution >= 4 is 82.7 Å². The first-order chi connectivity index (χ1) is 31.5. The Hall–Kier alpha value is -6.01. The molecule has 0 bridgehead atoms. The van der Waals surface area contributed by atoms with E-state index in [2.05, 4.69) is 58.5 Å². The smallest absolute Gasteiger partial charge is 0.243 e. The van der Waals surface area contributed by atoms with Crippen molar-refractivity contribution in [1.82, 2.24) is 58.5 Å². The Labute approximate surface area is 402 Å². The Kier molecular flexibility index (Phi) is 27.7. The molecule has 0 saturated heterocycles. The second kappa shape index (κ2) is 30.4. The molecule has 0 aromatic carbocycles. The van der Waals surface area contributed by atoms with Crippen molar-refractivity contribution in [3.05, 3.63) is 0 Å². The molecule has 11 amide bonds. The third kappa shape index (κ3) is 22.7. The first-order valence-corrected chi connectivity index (χ1v) is 23.9. The lowest BCUT2D eigenvalue weighted by Crippen LogP contribution is -2.60. The largest absolute Gasteiger partial charge is 0.548 e. The van der Waals surface area contributed by atoms with Crippen LogP contribution in [-0.2, 0) is 57.5 Å². The van der Waals surface area contributed by atoms with Gasteiger partial charge in [0.1, 0.15) is 60.4 Å². The molecule has 0 heterocycles. The second-order valence-electron chi connectivity index (χ2n) is 17.3. The van der Waals surface area contributed by atoms with Gasteiger partial charge in [-0.1, -0.05) is 34.1 Å². The zero-order valence-electron chi connectivity index (χ0n) is 41.5. The quantitative estimate of drug-likeness (QED) is 0.0342. The number of carbonyl (C=O) groups is 12. The van der Waals surface area contributed by atoms with Crippen molar-refractivity contribution in [2.24, 2.45) is 11.8 Å². The van der Waals surface area contributed by atoms with E-state index in [0.29, 0.717) is 18.6 Å². The summed E-state index contributed by atoms with van der Waals surface area (Å²) in [6.45, 7) is 19.0. The average Bonchev–Trinajstić information content (AvgIpc) is 3.25. The normalized spacial score (nSPS) is 16.3. The van der Waals surface area contributed by atoms with E-state index in [0.717, 1.165) is 0 Å². The van der Waals surface area contributed by atoms with Crippen molar-refractivity contribution in [2.45, 2.75) is 176 Å². The highest BCUT2D eigenvalue weighted by molar-refractivity contribution is 7.98. The van der Waals surface area contributed by atoms with E-state index in [1.807, 2.05) is 13.2 Å². The van der Waals surface area contributed by atoms with Crippen molar-refractivity contribution < 1.29 is 62.6 Å². The Balaban J connectivity index is 5.41. The summed E-state index contributed by atoms with van der Waals surface area (Å²) in [7, 11) is 0. The van der Waals surface area contributed by atoms with E-state index in [9.17, 15) is 62.6 Å². The van der Waals surface area contributed by atoms with E-state index in [4.69, 9.17) is 0 Å². The summed E-state index contributed by atoms with van der Waals surface area (Å²) in [4.78, 5) is 152. The monoisotopic (exact) mass is 985 g/mol. The van der Waals surface area contributed by atoms with Gasteiger partial charge in [-0.15, -0.1) is 0 Å². The van der Waals surface area contributed by atoms with Gasteiger partial charge in [-0.3, -0.25) is 52.7 Å². The molecule has 25 heteroatoms. The summed E-state index contributed by atoms with van der Waals surface area (Å²) in [6.07, 6.45) is 2.82. The van der Waals surface area contributed by atoms with Gasteiger partial charge in [0.15, 0.2) is 0 Å². The van der Waals surface area contributed by atoms with Crippen LogP contribution in [0.25, 0.3) is 0 Å². The minimum absolute atomic E-state index is 0.116. The third-order valence-corrected chi connectivity index (χ3v) is 11.1. The molecule has 0 unspecified atom stereocenters. The Bertz CT molecular complexity index is 1820. The molecule has 0 aromatic heterocycles. The minimum atomic E-state index is -1.52. The molecular weight excluding hydrogens is 911 g/mol. The topological polar surface area (TPSA) is 360 Å². The van der Waals surface area contributed by atoms with Gasteiger partial charge in [0.05, 0.1) is 12.0 Å². The Morgan fingerprint density at radius 3 is 1.03 bits per heavy atom. The van der Waals surface area contributed by atoms with Crippen LogP contribution in [0.2, 0.25) is 0 Å². The van der Waals surface area contributed by atoms with Crippen LogP contribution in [0.15, 0.2) is 0 Å². The van der Waals surface area contributed by atoms with Gasteiger partial charge in [0.25, 0.3) is 0 Å². The SMILES string of the molecule is CC[C@H](C)[C@H](NC(=O)[C@H](CCSC)NC(C)=O)C(=O)N[C@@H](C)C(=O)N[C@@H](CC(C)C)C(=O)N[C@@H](C)C(=O)N[C@@H](C)C(=O)N[C@@H](C)C(=O)N[C@@H](C)C(=O)N[C@@H](C)C(=O)N[C@@H](C)C(=O)N[C@@H](C)C(=O)[O-]. The maximum absolute atomic E-state index is 13.5. The fraction of sp³-hybridized carbons (Fsp3) is 0.721. The van der Waals surface area contributed by atoms with Gasteiger partial charge >= 0.3 is 0 Å². The average molecular weight is 985 g/mol. The highest BCUT2D eigenvalue weighted by Gasteiger charge is 2.33. The van der Waals surface area contributed by atoms with Crippen LogP contribution in [0.3, 0.4) is 0 Å².